The van der Waals surface area contributed by atoms with Crippen molar-refractivity contribution in [1.29, 1.82) is 0 Å². The molecule has 0 aliphatic rings. The first-order valence-electron chi connectivity index (χ1n) is 7.69. The highest BCUT2D eigenvalue weighted by Crippen LogP contribution is 2.27. The van der Waals surface area contributed by atoms with Gasteiger partial charge in [-0.25, -0.2) is 4.57 Å². The molecule has 2 aromatic carbocycles. The highest BCUT2D eigenvalue weighted by molar-refractivity contribution is 5.71. The monoisotopic (exact) mass is 288 g/mol. The molecule has 0 aliphatic heterocycles. The molecule has 0 atom stereocenters. The third kappa shape index (κ3) is 2.67. The molecule has 1 nitrogen and oxygen atoms in total. The summed E-state index contributed by atoms with van der Waals surface area (Å²) in [5.41, 5.74) is 9.06. The lowest BCUT2D eigenvalue weighted by molar-refractivity contribution is -0.660. The van der Waals surface area contributed by atoms with E-state index in [0.717, 1.165) is 0 Å². The summed E-state index contributed by atoms with van der Waals surface area (Å²) in [6, 6.07) is 19.5. The lowest BCUT2D eigenvalue weighted by Gasteiger charge is -2.09. The average molecular weight is 288 g/mol. The Kier molecular flexibility index (Phi) is 3.81. The molecular formula is C21H22N+. The standard InChI is InChI=1S/C21H22N/c1-15-13-21(22(4)14-17(15)3)20-11-10-19(12-16(20)2)18-8-6-5-7-9-18/h5-14H,1-4H3/q+1. The van der Waals surface area contributed by atoms with Crippen molar-refractivity contribution in [1.82, 2.24) is 0 Å². The van der Waals surface area contributed by atoms with Crippen LogP contribution in [0.1, 0.15) is 16.7 Å². The molecular weight excluding hydrogens is 266 g/mol. The van der Waals surface area contributed by atoms with Crippen LogP contribution in [0, 0.1) is 20.8 Å². The van der Waals surface area contributed by atoms with Crippen molar-refractivity contribution < 1.29 is 4.57 Å². The van der Waals surface area contributed by atoms with E-state index in [1.807, 2.05) is 0 Å². The van der Waals surface area contributed by atoms with Gasteiger partial charge in [0.15, 0.2) is 6.20 Å². The van der Waals surface area contributed by atoms with Crippen LogP contribution in [0.5, 0.6) is 0 Å². The first kappa shape index (κ1) is 14.5. The topological polar surface area (TPSA) is 3.88 Å². The molecule has 3 aromatic rings. The van der Waals surface area contributed by atoms with E-state index in [2.05, 4.69) is 93.2 Å². The average Bonchev–Trinajstić information content (AvgIpc) is 2.52. The Morgan fingerprint density at radius 2 is 1.41 bits per heavy atom. The number of aromatic nitrogens is 1. The van der Waals surface area contributed by atoms with E-state index < -0.39 is 0 Å². The van der Waals surface area contributed by atoms with Crippen LogP contribution < -0.4 is 4.57 Å². The lowest BCUT2D eigenvalue weighted by atomic mass is 9.97. The van der Waals surface area contributed by atoms with Gasteiger partial charge >= 0.3 is 0 Å². The molecule has 0 saturated heterocycles. The van der Waals surface area contributed by atoms with Crippen LogP contribution in [0.2, 0.25) is 0 Å². The Labute approximate surface area is 132 Å². The van der Waals surface area contributed by atoms with Gasteiger partial charge in [-0.05, 0) is 49.1 Å². The number of aryl methyl sites for hydroxylation is 4. The Morgan fingerprint density at radius 1 is 0.682 bits per heavy atom. The maximum Gasteiger partial charge on any atom is 0.212 e. The lowest BCUT2D eigenvalue weighted by Crippen LogP contribution is -2.31. The Bertz CT molecular complexity index is 817. The maximum atomic E-state index is 2.28. The molecule has 22 heavy (non-hydrogen) atoms. The van der Waals surface area contributed by atoms with Crippen molar-refractivity contribution in [3.05, 3.63) is 77.5 Å². The summed E-state index contributed by atoms with van der Waals surface area (Å²) < 4.78 is 2.22. The molecule has 0 radical (unpaired) electrons. The SMILES string of the molecule is Cc1cc(-c2ccc(-c3ccccc3)cc2C)[n+](C)cc1C. The second-order valence-corrected chi connectivity index (χ2v) is 6.03. The van der Waals surface area contributed by atoms with Crippen LogP contribution in [0.15, 0.2) is 60.8 Å². The van der Waals surface area contributed by atoms with E-state index in [4.69, 9.17) is 0 Å². The fourth-order valence-corrected chi connectivity index (χ4v) is 2.91. The van der Waals surface area contributed by atoms with Crippen LogP contribution in [0.3, 0.4) is 0 Å². The Hall–Kier alpha value is -2.41. The zero-order chi connectivity index (χ0) is 15.7. The molecule has 1 heteroatoms. The van der Waals surface area contributed by atoms with Crippen LogP contribution in [0.4, 0.5) is 0 Å². The highest BCUT2D eigenvalue weighted by Gasteiger charge is 2.14. The van der Waals surface area contributed by atoms with Crippen LogP contribution in [-0.4, -0.2) is 0 Å². The van der Waals surface area contributed by atoms with Gasteiger partial charge in [0.2, 0.25) is 5.69 Å². The second kappa shape index (κ2) is 5.76. The minimum atomic E-state index is 1.26. The zero-order valence-electron chi connectivity index (χ0n) is 13.7. The van der Waals surface area contributed by atoms with Crippen LogP contribution in [0.25, 0.3) is 22.4 Å². The van der Waals surface area contributed by atoms with E-state index in [9.17, 15) is 0 Å². The first-order valence-corrected chi connectivity index (χ1v) is 7.69. The Morgan fingerprint density at radius 3 is 2.09 bits per heavy atom. The van der Waals surface area contributed by atoms with Crippen LogP contribution >= 0.6 is 0 Å². The van der Waals surface area contributed by atoms with Crippen molar-refractivity contribution in [2.45, 2.75) is 20.8 Å². The van der Waals surface area contributed by atoms with Crippen LogP contribution in [-0.2, 0) is 7.05 Å². The Balaban J connectivity index is 2.09. The predicted molar refractivity (Wildman–Crippen MR) is 92.7 cm³/mol. The largest absolute Gasteiger partial charge is 0.212 e. The van der Waals surface area contributed by atoms with Gasteiger partial charge in [0.25, 0.3) is 0 Å². The summed E-state index contributed by atoms with van der Waals surface area (Å²) in [5.74, 6) is 0. The van der Waals surface area contributed by atoms with Crippen molar-refractivity contribution in [3.63, 3.8) is 0 Å². The third-order valence-corrected chi connectivity index (χ3v) is 4.35. The maximum absolute atomic E-state index is 2.28. The molecule has 3 rings (SSSR count). The smallest absolute Gasteiger partial charge is 0.201 e. The number of nitrogens with zero attached hydrogens (tertiary/aromatic N) is 1. The molecule has 0 N–H and O–H groups in total. The summed E-state index contributed by atoms with van der Waals surface area (Å²) in [5, 5.41) is 0. The van der Waals surface area contributed by atoms with Gasteiger partial charge in [-0.2, -0.15) is 0 Å². The highest BCUT2D eigenvalue weighted by atomic mass is 14.9. The quantitative estimate of drug-likeness (QED) is 0.598. The summed E-state index contributed by atoms with van der Waals surface area (Å²) in [4.78, 5) is 0. The minimum absolute atomic E-state index is 1.26. The number of pyridine rings is 1. The molecule has 0 saturated carbocycles. The number of hydrogen-bond donors (Lipinski definition) is 0. The molecule has 0 spiro atoms. The van der Waals surface area contributed by atoms with Gasteiger partial charge in [0.1, 0.15) is 7.05 Å². The second-order valence-electron chi connectivity index (χ2n) is 6.03. The summed E-state index contributed by atoms with van der Waals surface area (Å²) >= 11 is 0. The summed E-state index contributed by atoms with van der Waals surface area (Å²) in [6.45, 7) is 6.52. The number of hydrogen-bond acceptors (Lipinski definition) is 0. The summed E-state index contributed by atoms with van der Waals surface area (Å²) in [6.07, 6.45) is 2.20. The fourth-order valence-electron chi connectivity index (χ4n) is 2.91. The first-order chi connectivity index (χ1) is 10.6. The minimum Gasteiger partial charge on any atom is -0.201 e. The van der Waals surface area contributed by atoms with Gasteiger partial charge in [0.05, 0.1) is 0 Å². The number of rotatable bonds is 2. The molecule has 0 fully saturated rings. The molecule has 110 valence electrons. The van der Waals surface area contributed by atoms with E-state index in [-0.39, 0.29) is 0 Å². The van der Waals surface area contributed by atoms with Gasteiger partial charge in [-0.1, -0.05) is 42.5 Å². The van der Waals surface area contributed by atoms with Crippen molar-refractivity contribution >= 4 is 0 Å². The van der Waals surface area contributed by atoms with Gasteiger partial charge in [-0.15, -0.1) is 0 Å². The normalized spacial score (nSPS) is 10.7. The molecule has 0 amide bonds. The molecule has 0 aliphatic carbocycles. The summed E-state index contributed by atoms with van der Waals surface area (Å²) in [7, 11) is 2.12. The molecule has 0 bridgehead atoms. The van der Waals surface area contributed by atoms with E-state index in [1.165, 1.54) is 39.1 Å². The van der Waals surface area contributed by atoms with Gasteiger partial charge < -0.3 is 0 Å². The van der Waals surface area contributed by atoms with E-state index in [0.29, 0.717) is 0 Å². The van der Waals surface area contributed by atoms with E-state index >= 15 is 0 Å². The van der Waals surface area contributed by atoms with Gasteiger partial charge in [0, 0.05) is 17.2 Å². The fraction of sp³-hybridized carbons (Fsp3) is 0.190. The molecule has 0 unspecified atom stereocenters. The van der Waals surface area contributed by atoms with Crippen molar-refractivity contribution in [2.75, 3.05) is 0 Å². The number of benzene rings is 2. The third-order valence-electron chi connectivity index (χ3n) is 4.35. The zero-order valence-corrected chi connectivity index (χ0v) is 13.7. The van der Waals surface area contributed by atoms with Crippen molar-refractivity contribution in [3.8, 4) is 22.4 Å². The molecule has 1 aromatic heterocycles. The predicted octanol–water partition coefficient (Wildman–Crippen LogP) is 4.77. The molecule has 1 heterocycles. The van der Waals surface area contributed by atoms with E-state index in [1.54, 1.807) is 0 Å². The van der Waals surface area contributed by atoms with Crippen molar-refractivity contribution in [2.24, 2.45) is 7.05 Å². The van der Waals surface area contributed by atoms with Gasteiger partial charge in [-0.3, -0.25) is 0 Å².